The molecular weight excluding hydrogens is 831 g/mol. The SMILES string of the molecule is CCCCC/C=C\C/C=C\CCCCCCCC(=O)OCCCCCCC(CCCCCCOC(=O)CCCCCCC/C=C\C/C=C\CCCCC)CCCCOC(=O)C1CCN(C)CC1. The average Bonchev–Trinajstić information content (AvgIpc) is 3.33. The van der Waals surface area contributed by atoms with Crippen molar-refractivity contribution >= 4 is 17.9 Å². The Labute approximate surface area is 414 Å². The van der Waals surface area contributed by atoms with Gasteiger partial charge in [0.05, 0.1) is 25.7 Å². The van der Waals surface area contributed by atoms with Gasteiger partial charge in [0.25, 0.3) is 0 Å². The van der Waals surface area contributed by atoms with Crippen molar-refractivity contribution in [1.29, 1.82) is 0 Å². The van der Waals surface area contributed by atoms with Gasteiger partial charge in [-0.25, -0.2) is 0 Å². The summed E-state index contributed by atoms with van der Waals surface area (Å²) in [5.74, 6) is 0.695. The van der Waals surface area contributed by atoms with Crippen molar-refractivity contribution < 1.29 is 28.6 Å². The molecule has 1 rings (SSSR count). The smallest absolute Gasteiger partial charge is 0.309 e. The molecule has 0 aromatic rings. The minimum absolute atomic E-state index is 0.00376. The second-order valence-corrected chi connectivity index (χ2v) is 19.9. The molecule has 388 valence electrons. The van der Waals surface area contributed by atoms with Gasteiger partial charge in [-0.2, -0.15) is 0 Å². The molecule has 0 spiro atoms. The van der Waals surface area contributed by atoms with Crippen LogP contribution < -0.4 is 0 Å². The van der Waals surface area contributed by atoms with Crippen LogP contribution in [0.25, 0.3) is 0 Å². The first-order valence-corrected chi connectivity index (χ1v) is 28.7. The maximum Gasteiger partial charge on any atom is 0.309 e. The number of nitrogens with zero attached hydrogens (tertiary/aromatic N) is 1. The zero-order valence-corrected chi connectivity index (χ0v) is 44.3. The van der Waals surface area contributed by atoms with Gasteiger partial charge in [-0.15, -0.1) is 0 Å². The molecule has 67 heavy (non-hydrogen) atoms. The highest BCUT2D eigenvalue weighted by Gasteiger charge is 2.24. The number of allylic oxidation sites excluding steroid dienone is 8. The summed E-state index contributed by atoms with van der Waals surface area (Å²) in [5, 5.41) is 0. The number of carbonyl (C=O) groups is 3. The number of unbranched alkanes of at least 4 members (excludes halogenated alkanes) is 23. The Morgan fingerprint density at radius 3 is 1.22 bits per heavy atom. The van der Waals surface area contributed by atoms with Crippen molar-refractivity contribution in [3.63, 3.8) is 0 Å². The summed E-state index contributed by atoms with van der Waals surface area (Å²) in [4.78, 5) is 39.4. The summed E-state index contributed by atoms with van der Waals surface area (Å²) in [5.41, 5.74) is 0. The van der Waals surface area contributed by atoms with Crippen LogP contribution in [-0.4, -0.2) is 62.8 Å². The number of esters is 3. The normalized spacial score (nSPS) is 13.9. The summed E-state index contributed by atoms with van der Waals surface area (Å²) < 4.78 is 16.8. The van der Waals surface area contributed by atoms with Gasteiger partial charge in [0.1, 0.15) is 0 Å². The molecular formula is C60H107NO6. The van der Waals surface area contributed by atoms with Crippen LogP contribution in [0.4, 0.5) is 0 Å². The van der Waals surface area contributed by atoms with Gasteiger partial charge in [0.2, 0.25) is 0 Å². The molecule has 0 atom stereocenters. The average molecular weight is 939 g/mol. The molecule has 0 aliphatic carbocycles. The number of rotatable bonds is 48. The van der Waals surface area contributed by atoms with Gasteiger partial charge in [-0.05, 0) is 142 Å². The quantitative estimate of drug-likeness (QED) is 0.0260. The Morgan fingerprint density at radius 2 is 0.776 bits per heavy atom. The number of carbonyl (C=O) groups excluding carboxylic acids is 3. The van der Waals surface area contributed by atoms with E-state index in [0.717, 1.165) is 116 Å². The molecule has 7 heteroatoms. The minimum Gasteiger partial charge on any atom is -0.466 e. The Hall–Kier alpha value is -2.67. The molecule has 1 heterocycles. The molecule has 0 aromatic carbocycles. The van der Waals surface area contributed by atoms with Crippen molar-refractivity contribution in [1.82, 2.24) is 4.90 Å². The Kier molecular flexibility index (Phi) is 46.3. The summed E-state index contributed by atoms with van der Waals surface area (Å²) in [6.45, 7) is 8.09. The number of likely N-dealkylation sites (tertiary alicyclic amines) is 1. The largest absolute Gasteiger partial charge is 0.466 e. The molecule has 0 bridgehead atoms. The summed E-state index contributed by atoms with van der Waals surface area (Å²) in [6, 6.07) is 0. The van der Waals surface area contributed by atoms with E-state index in [9.17, 15) is 14.4 Å². The molecule has 1 aliphatic heterocycles. The van der Waals surface area contributed by atoms with Crippen molar-refractivity contribution in [2.75, 3.05) is 40.0 Å². The van der Waals surface area contributed by atoms with Crippen molar-refractivity contribution in [3.05, 3.63) is 48.6 Å². The molecule has 7 nitrogen and oxygen atoms in total. The highest BCUT2D eigenvalue weighted by atomic mass is 16.5. The van der Waals surface area contributed by atoms with E-state index in [4.69, 9.17) is 14.2 Å². The maximum atomic E-state index is 12.6. The number of piperidine rings is 1. The predicted molar refractivity (Wildman–Crippen MR) is 285 cm³/mol. The van der Waals surface area contributed by atoms with Crippen LogP contribution in [0, 0.1) is 11.8 Å². The van der Waals surface area contributed by atoms with Gasteiger partial charge in [0, 0.05) is 12.8 Å². The van der Waals surface area contributed by atoms with Gasteiger partial charge >= 0.3 is 17.9 Å². The predicted octanol–water partition coefficient (Wildman–Crippen LogP) is 17.3. The Bertz CT molecular complexity index is 1160. The fraction of sp³-hybridized carbons (Fsp3) is 0.817. The Morgan fingerprint density at radius 1 is 0.433 bits per heavy atom. The lowest BCUT2D eigenvalue weighted by molar-refractivity contribution is -0.150. The van der Waals surface area contributed by atoms with Crippen LogP contribution in [0.2, 0.25) is 0 Å². The van der Waals surface area contributed by atoms with E-state index in [1.165, 1.54) is 135 Å². The molecule has 0 amide bonds. The third-order valence-corrected chi connectivity index (χ3v) is 13.5. The van der Waals surface area contributed by atoms with Gasteiger partial charge in [0.15, 0.2) is 0 Å². The van der Waals surface area contributed by atoms with E-state index in [1.807, 2.05) is 0 Å². The van der Waals surface area contributed by atoms with Crippen LogP contribution in [0.5, 0.6) is 0 Å². The van der Waals surface area contributed by atoms with Gasteiger partial charge in [-0.1, -0.05) is 184 Å². The highest BCUT2D eigenvalue weighted by Crippen LogP contribution is 2.24. The molecule has 1 saturated heterocycles. The van der Waals surface area contributed by atoms with Crippen LogP contribution in [0.15, 0.2) is 48.6 Å². The minimum atomic E-state index is -0.0339. The summed E-state index contributed by atoms with van der Waals surface area (Å²) >= 11 is 0. The molecule has 0 aromatic heterocycles. The second-order valence-electron chi connectivity index (χ2n) is 19.9. The number of ether oxygens (including phenoxy) is 3. The van der Waals surface area contributed by atoms with Gasteiger partial charge < -0.3 is 19.1 Å². The van der Waals surface area contributed by atoms with Crippen LogP contribution in [-0.2, 0) is 28.6 Å². The highest BCUT2D eigenvalue weighted by molar-refractivity contribution is 5.72. The zero-order chi connectivity index (χ0) is 48.4. The molecule has 1 aliphatic rings. The first-order valence-electron chi connectivity index (χ1n) is 28.7. The lowest BCUT2D eigenvalue weighted by Crippen LogP contribution is -2.34. The maximum absolute atomic E-state index is 12.6. The number of hydrogen-bond donors (Lipinski definition) is 0. The van der Waals surface area contributed by atoms with Crippen molar-refractivity contribution in [3.8, 4) is 0 Å². The van der Waals surface area contributed by atoms with Crippen LogP contribution in [0.1, 0.15) is 264 Å². The van der Waals surface area contributed by atoms with E-state index in [2.05, 4.69) is 74.4 Å². The van der Waals surface area contributed by atoms with Crippen molar-refractivity contribution in [2.45, 2.75) is 264 Å². The number of hydrogen-bond acceptors (Lipinski definition) is 7. The molecule has 0 saturated carbocycles. The fourth-order valence-corrected chi connectivity index (χ4v) is 8.96. The topological polar surface area (TPSA) is 82.1 Å². The lowest BCUT2D eigenvalue weighted by Gasteiger charge is -2.27. The molecule has 1 fully saturated rings. The summed E-state index contributed by atoms with van der Waals surface area (Å²) in [7, 11) is 2.12. The van der Waals surface area contributed by atoms with E-state index in [-0.39, 0.29) is 23.8 Å². The van der Waals surface area contributed by atoms with Crippen LogP contribution >= 0.6 is 0 Å². The van der Waals surface area contributed by atoms with E-state index in [0.29, 0.717) is 38.6 Å². The van der Waals surface area contributed by atoms with Crippen LogP contribution in [0.3, 0.4) is 0 Å². The molecule has 0 unspecified atom stereocenters. The van der Waals surface area contributed by atoms with E-state index >= 15 is 0 Å². The first-order chi connectivity index (χ1) is 33.0. The second kappa shape index (κ2) is 49.7. The lowest BCUT2D eigenvalue weighted by atomic mass is 9.90. The van der Waals surface area contributed by atoms with E-state index < -0.39 is 0 Å². The summed E-state index contributed by atoms with van der Waals surface area (Å²) in [6.07, 6.45) is 62.0. The van der Waals surface area contributed by atoms with Crippen molar-refractivity contribution in [2.24, 2.45) is 11.8 Å². The molecule has 0 radical (unpaired) electrons. The third kappa shape index (κ3) is 44.3. The Balaban J connectivity index is 2.16. The van der Waals surface area contributed by atoms with E-state index in [1.54, 1.807) is 0 Å². The standard InChI is InChI=1S/C60H107NO6/c1-4-6-8-10-12-14-16-18-20-22-24-26-28-30-38-47-58(62)65-53-41-34-32-36-44-56(46-40-43-55-67-60(64)57-49-51-61(3)52-50-57)45-37-33-35-42-54-66-59(63)48-39-31-29-27-25-23-21-19-17-15-13-11-9-7-5-2/h12-15,18-21,56-57H,4-11,16-17,22-55H2,1-3H3/b14-12-,15-13-,20-18-,21-19-. The zero-order valence-electron chi connectivity index (χ0n) is 44.3. The van der Waals surface area contributed by atoms with Gasteiger partial charge in [-0.3, -0.25) is 14.4 Å². The first kappa shape index (κ1) is 62.3. The fourth-order valence-electron chi connectivity index (χ4n) is 8.96. The molecule has 0 N–H and O–H groups in total. The third-order valence-electron chi connectivity index (χ3n) is 13.5. The monoisotopic (exact) mass is 938 g/mol.